The van der Waals surface area contributed by atoms with Crippen molar-refractivity contribution in [1.82, 2.24) is 5.32 Å². The summed E-state index contributed by atoms with van der Waals surface area (Å²) in [5.41, 5.74) is 0.852. The first-order valence-electron chi connectivity index (χ1n) is 9.85. The molecule has 1 amide bonds. The Balaban J connectivity index is 0. The lowest BCUT2D eigenvalue weighted by molar-refractivity contribution is -0.109. The summed E-state index contributed by atoms with van der Waals surface area (Å²) in [6, 6.07) is 0. The molecule has 1 aliphatic rings. The third kappa shape index (κ3) is 9.49. The molecule has 2 heteroatoms. The number of hydrogen-bond acceptors (Lipinski definition) is 1. The lowest BCUT2D eigenvalue weighted by Crippen LogP contribution is -2.33. The Labute approximate surface area is 152 Å². The van der Waals surface area contributed by atoms with Crippen LogP contribution in [-0.4, -0.2) is 13.5 Å². The summed E-state index contributed by atoms with van der Waals surface area (Å²) in [6.07, 6.45) is 9.78. The molecule has 0 aliphatic heterocycles. The second-order valence-corrected chi connectivity index (χ2v) is 8.57. The maximum Gasteiger partial charge on any atom is 0.206 e. The molecule has 0 atom stereocenters. The third-order valence-corrected chi connectivity index (χ3v) is 5.46. The van der Waals surface area contributed by atoms with Gasteiger partial charge < -0.3 is 5.32 Å². The molecule has 0 bridgehead atoms. The number of carbonyl (C=O) groups is 1. The molecule has 0 heterocycles. The Kier molecular flexibility index (Phi) is 13.3. The Morgan fingerprint density at radius 1 is 1.04 bits per heavy atom. The number of amides is 1. The van der Waals surface area contributed by atoms with E-state index in [1.807, 2.05) is 13.8 Å². The zero-order valence-electron chi connectivity index (χ0n) is 18.0. The number of allylic oxidation sites excluding steroid dienone is 1. The van der Waals surface area contributed by atoms with E-state index in [2.05, 4.69) is 59.5 Å². The largest absolute Gasteiger partial charge is 0.362 e. The van der Waals surface area contributed by atoms with Crippen LogP contribution in [0.5, 0.6) is 0 Å². The van der Waals surface area contributed by atoms with Gasteiger partial charge in [0, 0.05) is 7.05 Å². The highest BCUT2D eigenvalue weighted by Gasteiger charge is 2.37. The molecule has 1 fully saturated rings. The SMILES string of the molecule is C=CC(C)(C)C1CCC(C(C)(C)CC(C)C)CC1.CC.CNC=O. The summed E-state index contributed by atoms with van der Waals surface area (Å²) in [7, 11) is 1.56. The maximum absolute atomic E-state index is 9.06. The fourth-order valence-corrected chi connectivity index (χ4v) is 4.00. The Morgan fingerprint density at radius 3 is 1.71 bits per heavy atom. The van der Waals surface area contributed by atoms with Gasteiger partial charge in [0.2, 0.25) is 6.41 Å². The minimum atomic E-state index is 0.327. The zero-order chi connectivity index (χ0) is 19.4. The minimum Gasteiger partial charge on any atom is -0.362 e. The monoisotopic (exact) mass is 339 g/mol. The molecule has 2 nitrogen and oxygen atoms in total. The van der Waals surface area contributed by atoms with E-state index in [1.165, 1.54) is 32.1 Å². The maximum atomic E-state index is 9.06. The number of rotatable bonds is 6. The van der Waals surface area contributed by atoms with E-state index in [-0.39, 0.29) is 0 Å². The topological polar surface area (TPSA) is 29.1 Å². The van der Waals surface area contributed by atoms with Crippen LogP contribution in [0, 0.1) is 28.6 Å². The molecule has 1 aliphatic carbocycles. The van der Waals surface area contributed by atoms with Crippen molar-refractivity contribution < 1.29 is 4.79 Å². The molecule has 0 aromatic rings. The number of hydrogen-bond donors (Lipinski definition) is 1. The van der Waals surface area contributed by atoms with Gasteiger partial charge in [-0.25, -0.2) is 0 Å². The van der Waals surface area contributed by atoms with Crippen molar-refractivity contribution in [3.63, 3.8) is 0 Å². The van der Waals surface area contributed by atoms with Gasteiger partial charge in [-0.15, -0.1) is 6.58 Å². The molecule has 0 saturated heterocycles. The first-order valence-corrected chi connectivity index (χ1v) is 9.85. The third-order valence-electron chi connectivity index (χ3n) is 5.46. The van der Waals surface area contributed by atoms with Gasteiger partial charge in [-0.1, -0.05) is 61.5 Å². The van der Waals surface area contributed by atoms with Gasteiger partial charge in [-0.3, -0.25) is 4.79 Å². The van der Waals surface area contributed by atoms with Gasteiger partial charge in [0.05, 0.1) is 0 Å². The van der Waals surface area contributed by atoms with E-state index in [9.17, 15) is 0 Å². The van der Waals surface area contributed by atoms with Gasteiger partial charge in [-0.05, 0) is 60.7 Å². The van der Waals surface area contributed by atoms with E-state index >= 15 is 0 Å². The molecule has 0 unspecified atom stereocenters. The Bertz CT molecular complexity index is 323. The standard InChI is InChI=1S/C18H34.C2H5NO.C2H6/c1-8-17(4,5)15-9-11-16(12-10-15)18(6,7)13-14(2)3;1-3-2-4;1-2/h8,14-16H,1,9-13H2,2-7H3;2H,1H3,(H,3,4);1-2H3. The summed E-state index contributed by atoms with van der Waals surface area (Å²) in [5, 5.41) is 2.25. The van der Waals surface area contributed by atoms with Crippen LogP contribution in [-0.2, 0) is 4.79 Å². The molecule has 1 N–H and O–H groups in total. The van der Waals surface area contributed by atoms with E-state index < -0.39 is 0 Å². The van der Waals surface area contributed by atoms with Crippen LogP contribution in [0.1, 0.15) is 87.5 Å². The van der Waals surface area contributed by atoms with E-state index in [0.717, 1.165) is 17.8 Å². The summed E-state index contributed by atoms with van der Waals surface area (Å²) in [5.74, 6) is 2.60. The summed E-state index contributed by atoms with van der Waals surface area (Å²) >= 11 is 0. The van der Waals surface area contributed by atoms with Crippen LogP contribution >= 0.6 is 0 Å². The number of nitrogens with one attached hydrogen (secondary N) is 1. The first kappa shape index (κ1) is 25.5. The van der Waals surface area contributed by atoms with Crippen molar-refractivity contribution in [3.05, 3.63) is 12.7 Å². The van der Waals surface area contributed by atoms with Crippen molar-refractivity contribution >= 4 is 6.41 Å². The van der Waals surface area contributed by atoms with Crippen LogP contribution in [0.2, 0.25) is 0 Å². The molecule has 0 spiro atoms. The highest BCUT2D eigenvalue weighted by atomic mass is 16.1. The van der Waals surface area contributed by atoms with Gasteiger partial charge in [0.15, 0.2) is 0 Å². The molecular weight excluding hydrogens is 294 g/mol. The molecule has 24 heavy (non-hydrogen) atoms. The highest BCUT2D eigenvalue weighted by molar-refractivity contribution is 5.44. The molecule has 1 saturated carbocycles. The lowest BCUT2D eigenvalue weighted by atomic mass is 9.62. The van der Waals surface area contributed by atoms with Gasteiger partial charge in [-0.2, -0.15) is 0 Å². The lowest BCUT2D eigenvalue weighted by Gasteiger charge is -2.43. The van der Waals surface area contributed by atoms with E-state index in [1.54, 1.807) is 7.05 Å². The molecule has 1 rings (SSSR count). The second kappa shape index (κ2) is 12.6. The zero-order valence-corrected chi connectivity index (χ0v) is 18.0. The van der Waals surface area contributed by atoms with Crippen molar-refractivity contribution in [2.75, 3.05) is 7.05 Å². The van der Waals surface area contributed by atoms with E-state index in [4.69, 9.17) is 4.79 Å². The molecular formula is C22H45NO. The van der Waals surface area contributed by atoms with Crippen molar-refractivity contribution in [2.24, 2.45) is 28.6 Å². The Morgan fingerprint density at radius 2 is 1.42 bits per heavy atom. The van der Waals surface area contributed by atoms with Gasteiger partial charge >= 0.3 is 0 Å². The van der Waals surface area contributed by atoms with Gasteiger partial charge in [0.25, 0.3) is 0 Å². The normalized spacial score (nSPS) is 20.9. The fourth-order valence-electron chi connectivity index (χ4n) is 4.00. The summed E-state index contributed by atoms with van der Waals surface area (Å²) < 4.78 is 0. The van der Waals surface area contributed by atoms with Gasteiger partial charge in [0.1, 0.15) is 0 Å². The molecule has 0 aromatic heterocycles. The molecule has 144 valence electrons. The van der Waals surface area contributed by atoms with Crippen molar-refractivity contribution in [2.45, 2.75) is 87.5 Å². The van der Waals surface area contributed by atoms with Crippen LogP contribution < -0.4 is 5.32 Å². The summed E-state index contributed by atoms with van der Waals surface area (Å²) in [6.45, 7) is 22.4. The average Bonchev–Trinajstić information content (AvgIpc) is 2.56. The molecule has 0 radical (unpaired) electrons. The van der Waals surface area contributed by atoms with Crippen LogP contribution in [0.3, 0.4) is 0 Å². The number of carbonyl (C=O) groups excluding carboxylic acids is 1. The summed E-state index contributed by atoms with van der Waals surface area (Å²) in [4.78, 5) is 9.06. The fraction of sp³-hybridized carbons (Fsp3) is 0.864. The minimum absolute atomic E-state index is 0.327. The van der Waals surface area contributed by atoms with Crippen molar-refractivity contribution in [3.8, 4) is 0 Å². The average molecular weight is 340 g/mol. The van der Waals surface area contributed by atoms with Crippen molar-refractivity contribution in [1.29, 1.82) is 0 Å². The highest BCUT2D eigenvalue weighted by Crippen LogP contribution is 2.47. The quantitative estimate of drug-likeness (QED) is 0.436. The smallest absolute Gasteiger partial charge is 0.206 e. The predicted molar refractivity (Wildman–Crippen MR) is 109 cm³/mol. The van der Waals surface area contributed by atoms with Crippen LogP contribution in [0.4, 0.5) is 0 Å². The van der Waals surface area contributed by atoms with Crippen LogP contribution in [0.25, 0.3) is 0 Å². The first-order chi connectivity index (χ1) is 11.1. The predicted octanol–water partition coefficient (Wildman–Crippen LogP) is 6.47. The van der Waals surface area contributed by atoms with E-state index in [0.29, 0.717) is 17.2 Å². The second-order valence-electron chi connectivity index (χ2n) is 8.57. The molecule has 0 aromatic carbocycles. The Hall–Kier alpha value is -0.790. The van der Waals surface area contributed by atoms with Crippen LogP contribution in [0.15, 0.2) is 12.7 Å².